The second-order valence-electron chi connectivity index (χ2n) is 7.11. The first-order valence-electron chi connectivity index (χ1n) is 9.43. The molecule has 7 heteroatoms. The Kier molecular flexibility index (Phi) is 7.23. The molecule has 2 N–H and O–H groups in total. The number of carbonyl (C=O) groups excluding carboxylic acids is 2. The van der Waals surface area contributed by atoms with Crippen LogP contribution in [0.3, 0.4) is 0 Å². The van der Waals surface area contributed by atoms with Crippen molar-refractivity contribution in [1.29, 1.82) is 0 Å². The SMILES string of the molecule is CCCCCCC1CC(N[C@@H](C)C(=O)N2CCC[C@H]2C(=O)O)C(=O)O1. The van der Waals surface area contributed by atoms with Crippen LogP contribution in [0.15, 0.2) is 0 Å². The number of carbonyl (C=O) groups is 3. The number of esters is 1. The van der Waals surface area contributed by atoms with Gasteiger partial charge in [-0.3, -0.25) is 14.9 Å². The molecular weight excluding hydrogens is 324 g/mol. The molecule has 4 atom stereocenters. The molecule has 0 radical (unpaired) electrons. The van der Waals surface area contributed by atoms with E-state index in [-0.39, 0.29) is 18.0 Å². The van der Waals surface area contributed by atoms with Gasteiger partial charge in [0.2, 0.25) is 5.91 Å². The average molecular weight is 354 g/mol. The van der Waals surface area contributed by atoms with Crippen molar-refractivity contribution in [2.75, 3.05) is 6.54 Å². The number of cyclic esters (lactones) is 1. The van der Waals surface area contributed by atoms with E-state index in [0.717, 1.165) is 19.3 Å². The van der Waals surface area contributed by atoms with Gasteiger partial charge in [0.15, 0.2) is 0 Å². The highest BCUT2D eigenvalue weighted by molar-refractivity contribution is 5.88. The number of carboxylic acid groups (broad SMARTS) is 1. The van der Waals surface area contributed by atoms with E-state index in [9.17, 15) is 19.5 Å². The second-order valence-corrected chi connectivity index (χ2v) is 7.11. The maximum absolute atomic E-state index is 12.5. The highest BCUT2D eigenvalue weighted by Crippen LogP contribution is 2.22. The van der Waals surface area contributed by atoms with Gasteiger partial charge in [-0.25, -0.2) is 4.79 Å². The lowest BCUT2D eigenvalue weighted by Gasteiger charge is -2.26. The molecule has 0 aromatic rings. The predicted octanol–water partition coefficient (Wildman–Crippen LogP) is 1.69. The Hall–Kier alpha value is -1.63. The quantitative estimate of drug-likeness (QED) is 0.483. The van der Waals surface area contributed by atoms with Crippen molar-refractivity contribution >= 4 is 17.8 Å². The second kappa shape index (κ2) is 9.17. The number of hydrogen-bond acceptors (Lipinski definition) is 5. The highest BCUT2D eigenvalue weighted by atomic mass is 16.6. The fraction of sp³-hybridized carbons (Fsp3) is 0.833. The van der Waals surface area contributed by atoms with Crippen molar-refractivity contribution in [3.05, 3.63) is 0 Å². The topological polar surface area (TPSA) is 95.9 Å². The van der Waals surface area contributed by atoms with Crippen LogP contribution in [0.25, 0.3) is 0 Å². The molecule has 0 spiro atoms. The average Bonchev–Trinajstić information content (AvgIpc) is 3.18. The van der Waals surface area contributed by atoms with Gasteiger partial charge in [-0.15, -0.1) is 0 Å². The van der Waals surface area contributed by atoms with Gasteiger partial charge in [-0.2, -0.15) is 0 Å². The van der Waals surface area contributed by atoms with E-state index in [4.69, 9.17) is 4.74 Å². The fourth-order valence-corrected chi connectivity index (χ4v) is 3.67. The number of rotatable bonds is 9. The van der Waals surface area contributed by atoms with E-state index in [2.05, 4.69) is 12.2 Å². The van der Waals surface area contributed by atoms with Crippen LogP contribution >= 0.6 is 0 Å². The first kappa shape index (κ1) is 19.7. The van der Waals surface area contributed by atoms with E-state index >= 15 is 0 Å². The number of nitrogens with one attached hydrogen (secondary N) is 1. The summed E-state index contributed by atoms with van der Waals surface area (Å²) in [5.41, 5.74) is 0. The van der Waals surface area contributed by atoms with Gasteiger partial charge in [0.25, 0.3) is 0 Å². The molecule has 2 saturated heterocycles. The van der Waals surface area contributed by atoms with Crippen LogP contribution in [0.5, 0.6) is 0 Å². The van der Waals surface area contributed by atoms with Gasteiger partial charge in [0.05, 0.1) is 6.04 Å². The number of aliphatic carboxylic acids is 1. The minimum absolute atomic E-state index is 0.0808. The third-order valence-corrected chi connectivity index (χ3v) is 5.09. The zero-order valence-electron chi connectivity index (χ0n) is 15.2. The lowest BCUT2D eigenvalue weighted by molar-refractivity contribution is -0.149. The summed E-state index contributed by atoms with van der Waals surface area (Å²) < 4.78 is 5.40. The zero-order valence-corrected chi connectivity index (χ0v) is 15.2. The number of unbranched alkanes of at least 4 members (excludes halogenated alkanes) is 3. The molecule has 2 heterocycles. The Morgan fingerprint density at radius 3 is 2.80 bits per heavy atom. The smallest absolute Gasteiger partial charge is 0.326 e. The molecule has 2 fully saturated rings. The number of ether oxygens (including phenoxy) is 1. The van der Waals surface area contributed by atoms with Crippen molar-refractivity contribution in [3.8, 4) is 0 Å². The molecule has 142 valence electrons. The molecule has 7 nitrogen and oxygen atoms in total. The number of amides is 1. The van der Waals surface area contributed by atoms with Gasteiger partial charge in [-0.05, 0) is 32.6 Å². The van der Waals surface area contributed by atoms with Crippen LogP contribution < -0.4 is 5.32 Å². The monoisotopic (exact) mass is 354 g/mol. The summed E-state index contributed by atoms with van der Waals surface area (Å²) in [4.78, 5) is 37.2. The first-order valence-corrected chi connectivity index (χ1v) is 9.43. The number of nitrogens with zero attached hydrogens (tertiary/aromatic N) is 1. The standard InChI is InChI=1S/C18H30N2O5/c1-3-4-5-6-8-13-11-14(18(24)25-13)19-12(2)16(21)20-10-7-9-15(20)17(22)23/h12-15,19H,3-11H2,1-2H3,(H,22,23)/t12-,13?,14?,15-/m0/s1. The summed E-state index contributed by atoms with van der Waals surface area (Å²) >= 11 is 0. The Bertz CT molecular complexity index is 496. The molecule has 0 aromatic carbocycles. The van der Waals surface area contributed by atoms with E-state index in [1.54, 1.807) is 6.92 Å². The molecular formula is C18H30N2O5. The minimum Gasteiger partial charge on any atom is -0.480 e. The summed E-state index contributed by atoms with van der Waals surface area (Å²) in [5, 5.41) is 12.2. The first-order chi connectivity index (χ1) is 11.9. The molecule has 2 aliphatic heterocycles. The largest absolute Gasteiger partial charge is 0.480 e. The summed E-state index contributed by atoms with van der Waals surface area (Å²) in [6.07, 6.45) is 7.08. The van der Waals surface area contributed by atoms with Crippen molar-refractivity contribution in [1.82, 2.24) is 10.2 Å². The van der Waals surface area contributed by atoms with Gasteiger partial charge >= 0.3 is 11.9 Å². The van der Waals surface area contributed by atoms with Crippen molar-refractivity contribution in [2.45, 2.75) is 89.4 Å². The lowest BCUT2D eigenvalue weighted by atomic mass is 10.0. The number of carboxylic acids is 1. The van der Waals surface area contributed by atoms with Gasteiger partial charge < -0.3 is 14.7 Å². The van der Waals surface area contributed by atoms with Crippen LogP contribution in [0.4, 0.5) is 0 Å². The van der Waals surface area contributed by atoms with Gasteiger partial charge in [-0.1, -0.05) is 26.2 Å². The summed E-state index contributed by atoms with van der Waals surface area (Å²) in [6, 6.07) is -1.84. The summed E-state index contributed by atoms with van der Waals surface area (Å²) in [6.45, 7) is 4.29. The molecule has 25 heavy (non-hydrogen) atoms. The lowest BCUT2D eigenvalue weighted by Crippen LogP contribution is -2.52. The van der Waals surface area contributed by atoms with Crippen LogP contribution in [0.1, 0.15) is 65.2 Å². The molecule has 2 unspecified atom stereocenters. The molecule has 1 amide bonds. The van der Waals surface area contributed by atoms with E-state index in [0.29, 0.717) is 25.8 Å². The molecule has 2 aliphatic rings. The Labute approximate surface area is 149 Å². The number of hydrogen-bond donors (Lipinski definition) is 2. The predicted molar refractivity (Wildman–Crippen MR) is 92.0 cm³/mol. The van der Waals surface area contributed by atoms with Gasteiger partial charge in [0.1, 0.15) is 18.2 Å². The summed E-state index contributed by atoms with van der Waals surface area (Å²) in [7, 11) is 0. The number of likely N-dealkylation sites (tertiary alicyclic amines) is 1. The van der Waals surface area contributed by atoms with Crippen LogP contribution in [-0.2, 0) is 19.1 Å². The van der Waals surface area contributed by atoms with Gasteiger partial charge in [0, 0.05) is 13.0 Å². The normalized spacial score (nSPS) is 27.4. The van der Waals surface area contributed by atoms with Crippen molar-refractivity contribution in [3.63, 3.8) is 0 Å². The molecule has 0 aromatic heterocycles. The molecule has 2 rings (SSSR count). The minimum atomic E-state index is -0.967. The van der Waals surface area contributed by atoms with Crippen molar-refractivity contribution < 1.29 is 24.2 Å². The van der Waals surface area contributed by atoms with Crippen LogP contribution in [0.2, 0.25) is 0 Å². The Balaban J connectivity index is 1.81. The Morgan fingerprint density at radius 1 is 1.36 bits per heavy atom. The third kappa shape index (κ3) is 5.17. The highest BCUT2D eigenvalue weighted by Gasteiger charge is 2.39. The third-order valence-electron chi connectivity index (χ3n) is 5.09. The summed E-state index contributed by atoms with van der Waals surface area (Å²) in [5.74, 6) is -1.54. The van der Waals surface area contributed by atoms with E-state index < -0.39 is 24.1 Å². The van der Waals surface area contributed by atoms with Crippen LogP contribution in [0, 0.1) is 0 Å². The Morgan fingerprint density at radius 2 is 2.12 bits per heavy atom. The molecule has 0 aliphatic carbocycles. The maximum atomic E-state index is 12.5. The zero-order chi connectivity index (χ0) is 18.4. The molecule has 0 saturated carbocycles. The van der Waals surface area contributed by atoms with Crippen LogP contribution in [-0.4, -0.2) is 58.6 Å². The molecule has 0 bridgehead atoms. The van der Waals surface area contributed by atoms with E-state index in [1.807, 2.05) is 0 Å². The fourth-order valence-electron chi connectivity index (χ4n) is 3.67. The maximum Gasteiger partial charge on any atom is 0.326 e. The van der Waals surface area contributed by atoms with E-state index in [1.165, 1.54) is 17.7 Å². The van der Waals surface area contributed by atoms with Crippen molar-refractivity contribution in [2.24, 2.45) is 0 Å².